The first-order chi connectivity index (χ1) is 11.2. The Morgan fingerprint density at radius 3 is 2.57 bits per heavy atom. The summed E-state index contributed by atoms with van der Waals surface area (Å²) in [6, 6.07) is 15.3. The molecule has 0 aliphatic carbocycles. The summed E-state index contributed by atoms with van der Waals surface area (Å²) in [6.07, 6.45) is 2.37. The van der Waals surface area contributed by atoms with Gasteiger partial charge in [-0.1, -0.05) is 45.9 Å². The molecule has 2 nitrogen and oxygen atoms in total. The van der Waals surface area contributed by atoms with Crippen molar-refractivity contribution in [1.82, 2.24) is 9.80 Å². The summed E-state index contributed by atoms with van der Waals surface area (Å²) < 4.78 is 1.14. The van der Waals surface area contributed by atoms with Gasteiger partial charge in [-0.3, -0.25) is 0 Å². The van der Waals surface area contributed by atoms with Crippen LogP contribution in [0.25, 0.3) is 11.8 Å². The molecule has 2 heterocycles. The normalized spacial score (nSPS) is 18.0. The standard InChI is InChI=1S/C19H19BrN2S/c1-21-8-10-22(11-9-21)17-12-14-4-2-3-5-18(14)23-19-7-6-15(20)13-16(17)19/h2-7,12-13H,8-11H2,1H3. The van der Waals surface area contributed by atoms with Gasteiger partial charge in [-0.2, -0.15) is 0 Å². The maximum absolute atomic E-state index is 3.65. The smallest absolute Gasteiger partial charge is 0.0459 e. The number of benzene rings is 2. The molecule has 0 radical (unpaired) electrons. The molecule has 2 aliphatic rings. The van der Waals surface area contributed by atoms with Gasteiger partial charge in [-0.25, -0.2) is 0 Å². The van der Waals surface area contributed by atoms with Crippen LogP contribution in [0, 0.1) is 0 Å². The second kappa shape index (κ2) is 6.34. The van der Waals surface area contributed by atoms with Gasteiger partial charge in [-0.05, 0) is 43.0 Å². The van der Waals surface area contributed by atoms with Crippen LogP contribution >= 0.6 is 27.7 Å². The van der Waals surface area contributed by atoms with Crippen LogP contribution in [0.15, 0.2) is 56.7 Å². The molecule has 4 heteroatoms. The Balaban J connectivity index is 1.84. The molecular weight excluding hydrogens is 368 g/mol. The maximum atomic E-state index is 3.65. The Morgan fingerprint density at radius 1 is 0.957 bits per heavy atom. The molecular formula is C19H19BrN2S. The van der Waals surface area contributed by atoms with Crippen molar-refractivity contribution in [3.05, 3.63) is 58.1 Å². The topological polar surface area (TPSA) is 6.48 Å². The van der Waals surface area contributed by atoms with E-state index in [1.165, 1.54) is 26.6 Å². The van der Waals surface area contributed by atoms with E-state index >= 15 is 0 Å². The first kappa shape index (κ1) is 15.3. The average Bonchev–Trinajstić information content (AvgIpc) is 2.72. The molecule has 2 aromatic carbocycles. The van der Waals surface area contributed by atoms with Crippen LogP contribution in [0.5, 0.6) is 0 Å². The lowest BCUT2D eigenvalue weighted by Gasteiger charge is -2.36. The minimum absolute atomic E-state index is 1.08. The van der Waals surface area contributed by atoms with E-state index in [1.807, 2.05) is 11.8 Å². The van der Waals surface area contributed by atoms with Crippen molar-refractivity contribution in [1.29, 1.82) is 0 Å². The molecule has 2 aliphatic heterocycles. The van der Waals surface area contributed by atoms with Crippen molar-refractivity contribution < 1.29 is 0 Å². The fraction of sp³-hybridized carbons (Fsp3) is 0.263. The van der Waals surface area contributed by atoms with E-state index in [-0.39, 0.29) is 0 Å². The fourth-order valence-electron chi connectivity index (χ4n) is 3.14. The highest BCUT2D eigenvalue weighted by Gasteiger charge is 2.23. The Bertz CT molecular complexity index is 764. The van der Waals surface area contributed by atoms with Crippen LogP contribution in [-0.4, -0.2) is 43.0 Å². The van der Waals surface area contributed by atoms with Gasteiger partial charge in [0.15, 0.2) is 0 Å². The zero-order valence-electron chi connectivity index (χ0n) is 13.1. The van der Waals surface area contributed by atoms with E-state index in [9.17, 15) is 0 Å². The quantitative estimate of drug-likeness (QED) is 0.703. The van der Waals surface area contributed by atoms with Crippen molar-refractivity contribution in [2.24, 2.45) is 0 Å². The number of likely N-dealkylation sites (N-methyl/N-ethyl adjacent to an activating group) is 1. The van der Waals surface area contributed by atoms with Crippen molar-refractivity contribution >= 4 is 39.5 Å². The van der Waals surface area contributed by atoms with Crippen molar-refractivity contribution in [2.45, 2.75) is 9.79 Å². The van der Waals surface area contributed by atoms with E-state index in [4.69, 9.17) is 0 Å². The van der Waals surface area contributed by atoms with Crippen LogP contribution in [0.1, 0.15) is 11.1 Å². The molecule has 0 bridgehead atoms. The first-order valence-electron chi connectivity index (χ1n) is 7.93. The Labute approximate surface area is 150 Å². The summed E-state index contributed by atoms with van der Waals surface area (Å²) in [5.41, 5.74) is 4.01. The number of nitrogens with zero attached hydrogens (tertiary/aromatic N) is 2. The highest BCUT2D eigenvalue weighted by molar-refractivity contribution is 9.10. The molecule has 0 saturated carbocycles. The minimum atomic E-state index is 1.08. The lowest BCUT2D eigenvalue weighted by molar-refractivity contribution is 0.207. The Morgan fingerprint density at radius 2 is 1.74 bits per heavy atom. The van der Waals surface area contributed by atoms with Crippen molar-refractivity contribution in [3.63, 3.8) is 0 Å². The predicted octanol–water partition coefficient (Wildman–Crippen LogP) is 4.66. The number of hydrogen-bond acceptors (Lipinski definition) is 3. The zero-order valence-corrected chi connectivity index (χ0v) is 15.5. The Hall–Kier alpha value is -1.23. The van der Waals surface area contributed by atoms with Gasteiger partial charge >= 0.3 is 0 Å². The molecule has 0 spiro atoms. The van der Waals surface area contributed by atoms with Gasteiger partial charge in [0.2, 0.25) is 0 Å². The third-order valence-electron chi connectivity index (χ3n) is 4.49. The number of fused-ring (bicyclic) bond motifs is 2. The zero-order chi connectivity index (χ0) is 15.8. The first-order valence-corrected chi connectivity index (χ1v) is 9.54. The van der Waals surface area contributed by atoms with Crippen LogP contribution in [0.4, 0.5) is 0 Å². The van der Waals surface area contributed by atoms with Gasteiger partial charge in [0.25, 0.3) is 0 Å². The second-order valence-electron chi connectivity index (χ2n) is 6.10. The molecule has 23 heavy (non-hydrogen) atoms. The number of hydrogen-bond donors (Lipinski definition) is 0. The van der Waals surface area contributed by atoms with E-state index in [0.717, 1.165) is 30.7 Å². The minimum Gasteiger partial charge on any atom is -0.368 e. The predicted molar refractivity (Wildman–Crippen MR) is 102 cm³/mol. The molecule has 0 N–H and O–H groups in total. The number of rotatable bonds is 1. The monoisotopic (exact) mass is 386 g/mol. The number of piperazine rings is 1. The molecule has 1 saturated heterocycles. The third kappa shape index (κ3) is 3.08. The van der Waals surface area contributed by atoms with Gasteiger partial charge < -0.3 is 9.80 Å². The third-order valence-corrected chi connectivity index (χ3v) is 6.15. The van der Waals surface area contributed by atoms with Crippen molar-refractivity contribution in [3.8, 4) is 0 Å². The molecule has 2 aromatic rings. The van der Waals surface area contributed by atoms with E-state index in [0.29, 0.717) is 0 Å². The van der Waals surface area contributed by atoms with Crippen LogP contribution in [-0.2, 0) is 0 Å². The molecule has 0 aromatic heterocycles. The summed E-state index contributed by atoms with van der Waals surface area (Å²) in [6.45, 7) is 4.41. The highest BCUT2D eigenvalue weighted by Crippen LogP contribution is 2.42. The molecule has 118 valence electrons. The van der Waals surface area contributed by atoms with Crippen LogP contribution in [0.2, 0.25) is 0 Å². The SMILES string of the molecule is CN1CCN(C2=Cc3ccccc3Sc3ccc(Br)cc32)CC1. The van der Waals surface area contributed by atoms with E-state index in [2.05, 4.69) is 81.3 Å². The van der Waals surface area contributed by atoms with Gasteiger partial charge in [-0.15, -0.1) is 0 Å². The summed E-state index contributed by atoms with van der Waals surface area (Å²) in [7, 11) is 2.20. The van der Waals surface area contributed by atoms with Crippen molar-refractivity contribution in [2.75, 3.05) is 33.2 Å². The summed E-state index contributed by atoms with van der Waals surface area (Å²) >= 11 is 5.52. The summed E-state index contributed by atoms with van der Waals surface area (Å²) in [5, 5.41) is 0. The summed E-state index contributed by atoms with van der Waals surface area (Å²) in [4.78, 5) is 7.61. The number of halogens is 1. The van der Waals surface area contributed by atoms with Gasteiger partial charge in [0.05, 0.1) is 0 Å². The van der Waals surface area contributed by atoms with E-state index in [1.54, 1.807) is 0 Å². The lowest BCUT2D eigenvalue weighted by Crippen LogP contribution is -2.43. The molecule has 0 unspecified atom stereocenters. The Kier molecular flexibility index (Phi) is 4.22. The molecule has 4 rings (SSSR count). The summed E-state index contributed by atoms with van der Waals surface area (Å²) in [5.74, 6) is 0. The lowest BCUT2D eigenvalue weighted by atomic mass is 10.1. The fourth-order valence-corrected chi connectivity index (χ4v) is 4.54. The largest absolute Gasteiger partial charge is 0.368 e. The van der Waals surface area contributed by atoms with Crippen LogP contribution < -0.4 is 0 Å². The van der Waals surface area contributed by atoms with Crippen LogP contribution in [0.3, 0.4) is 0 Å². The molecule has 0 atom stereocenters. The van der Waals surface area contributed by atoms with Gasteiger partial charge in [0.1, 0.15) is 0 Å². The highest BCUT2D eigenvalue weighted by atomic mass is 79.9. The second-order valence-corrected chi connectivity index (χ2v) is 8.10. The molecule has 1 fully saturated rings. The van der Waals surface area contributed by atoms with Gasteiger partial charge in [0, 0.05) is 51.7 Å². The van der Waals surface area contributed by atoms with E-state index < -0.39 is 0 Å². The average molecular weight is 387 g/mol. The molecule has 0 amide bonds. The maximum Gasteiger partial charge on any atom is 0.0459 e.